The molecule has 0 fully saturated rings. The topological polar surface area (TPSA) is 54.4 Å². The summed E-state index contributed by atoms with van der Waals surface area (Å²) < 4.78 is 30.9. The summed E-state index contributed by atoms with van der Waals surface area (Å²) in [6.07, 6.45) is 0. The third kappa shape index (κ3) is 3.11. The van der Waals surface area contributed by atoms with Crippen LogP contribution in [0.5, 0.6) is 0 Å². The second-order valence-electron chi connectivity index (χ2n) is 4.55. The summed E-state index contributed by atoms with van der Waals surface area (Å²) in [6, 6.07) is 0. The van der Waals surface area contributed by atoms with Crippen LogP contribution in [0.1, 0.15) is 34.6 Å². The Bertz CT molecular complexity index is 234. The molecule has 0 amide bonds. The van der Waals surface area contributed by atoms with Gasteiger partial charge in [0.15, 0.2) is 0 Å². The lowest BCUT2D eigenvalue weighted by Crippen LogP contribution is -2.38. The van der Waals surface area contributed by atoms with Crippen molar-refractivity contribution in [3.63, 3.8) is 0 Å². The predicted octanol–water partition coefficient (Wildman–Crippen LogP) is 1.94. The molecule has 0 bridgehead atoms. The maximum absolute atomic E-state index is 11.0. The highest BCUT2D eigenvalue weighted by atomic mass is 32.2. The van der Waals surface area contributed by atoms with E-state index in [4.69, 9.17) is 4.55 Å². The van der Waals surface area contributed by atoms with Crippen LogP contribution in [0.25, 0.3) is 0 Å². The Kier molecular flexibility index (Phi) is 3.32. The molecule has 0 aliphatic heterocycles. The van der Waals surface area contributed by atoms with Crippen LogP contribution in [0.15, 0.2) is 0 Å². The van der Waals surface area contributed by atoms with E-state index >= 15 is 0 Å². The molecule has 1 N–H and O–H groups in total. The minimum Gasteiger partial charge on any atom is -0.285 e. The van der Waals surface area contributed by atoms with Gasteiger partial charge in [0, 0.05) is 0 Å². The molecule has 4 heteroatoms. The molecular weight excluding hydrogens is 176 g/mol. The van der Waals surface area contributed by atoms with Crippen LogP contribution in [-0.4, -0.2) is 18.2 Å². The zero-order chi connectivity index (χ0) is 10.2. The summed E-state index contributed by atoms with van der Waals surface area (Å²) in [7, 11) is -3.92. The van der Waals surface area contributed by atoms with Crippen molar-refractivity contribution in [2.45, 2.75) is 39.9 Å². The fourth-order valence-corrected chi connectivity index (χ4v) is 3.37. The van der Waals surface area contributed by atoms with E-state index < -0.39 is 20.8 Å². The van der Waals surface area contributed by atoms with Gasteiger partial charge < -0.3 is 0 Å². The first-order valence-corrected chi connectivity index (χ1v) is 5.53. The first kappa shape index (κ1) is 11.9. The Hall–Kier alpha value is -0.0900. The molecule has 12 heavy (non-hydrogen) atoms. The lowest BCUT2D eigenvalue weighted by Gasteiger charge is -2.30. The highest BCUT2D eigenvalue weighted by molar-refractivity contribution is 7.86. The molecule has 0 aromatic carbocycles. The lowest BCUT2D eigenvalue weighted by molar-refractivity contribution is 0.301. The Morgan fingerprint density at radius 2 is 1.50 bits per heavy atom. The average molecular weight is 194 g/mol. The van der Waals surface area contributed by atoms with E-state index in [1.54, 1.807) is 13.8 Å². The fourth-order valence-electron chi connectivity index (χ4n) is 1.79. The van der Waals surface area contributed by atoms with Gasteiger partial charge in [0.1, 0.15) is 0 Å². The van der Waals surface area contributed by atoms with E-state index in [0.29, 0.717) is 0 Å². The molecule has 3 nitrogen and oxygen atoms in total. The highest BCUT2D eigenvalue weighted by Crippen LogP contribution is 2.30. The molecule has 0 aliphatic carbocycles. The number of hydrogen-bond donors (Lipinski definition) is 1. The molecule has 0 aromatic heterocycles. The van der Waals surface area contributed by atoms with Gasteiger partial charge in [-0.05, 0) is 11.3 Å². The van der Waals surface area contributed by atoms with Gasteiger partial charge in [-0.2, -0.15) is 8.42 Å². The van der Waals surface area contributed by atoms with Crippen LogP contribution in [-0.2, 0) is 10.1 Å². The predicted molar refractivity (Wildman–Crippen MR) is 49.6 cm³/mol. The molecule has 0 aromatic rings. The number of rotatable bonds is 2. The second kappa shape index (κ2) is 3.34. The van der Waals surface area contributed by atoms with Gasteiger partial charge in [-0.3, -0.25) is 4.55 Å². The molecule has 0 saturated carbocycles. The molecule has 0 heterocycles. The van der Waals surface area contributed by atoms with Gasteiger partial charge in [0.25, 0.3) is 10.1 Å². The second-order valence-corrected chi connectivity index (χ2v) is 6.08. The molecule has 74 valence electrons. The van der Waals surface area contributed by atoms with Crippen molar-refractivity contribution in [3.05, 3.63) is 0 Å². The maximum atomic E-state index is 11.0. The van der Waals surface area contributed by atoms with Crippen molar-refractivity contribution in [1.29, 1.82) is 0 Å². The van der Waals surface area contributed by atoms with Crippen molar-refractivity contribution in [1.82, 2.24) is 0 Å². The van der Waals surface area contributed by atoms with Crippen LogP contribution in [0, 0.1) is 11.3 Å². The summed E-state index contributed by atoms with van der Waals surface area (Å²) in [5.41, 5.74) is -0.415. The minimum atomic E-state index is -3.92. The molecule has 0 radical (unpaired) electrons. The fraction of sp³-hybridized carbons (Fsp3) is 1.00. The smallest absolute Gasteiger partial charge is 0.268 e. The van der Waals surface area contributed by atoms with E-state index in [-0.39, 0.29) is 5.92 Å². The Morgan fingerprint density at radius 1 is 1.17 bits per heavy atom. The van der Waals surface area contributed by atoms with Crippen molar-refractivity contribution in [2.75, 3.05) is 0 Å². The maximum Gasteiger partial charge on any atom is 0.268 e. The quantitative estimate of drug-likeness (QED) is 0.683. The molecular formula is C8H18O3S. The van der Waals surface area contributed by atoms with Crippen LogP contribution in [0.4, 0.5) is 0 Å². The third-order valence-electron chi connectivity index (χ3n) is 1.78. The molecule has 0 saturated heterocycles. The van der Waals surface area contributed by atoms with Crippen LogP contribution in [0.3, 0.4) is 0 Å². The first-order chi connectivity index (χ1) is 5.07. The zero-order valence-electron chi connectivity index (χ0n) is 8.33. The third-order valence-corrected chi connectivity index (χ3v) is 3.67. The van der Waals surface area contributed by atoms with Crippen molar-refractivity contribution in [3.8, 4) is 0 Å². The Morgan fingerprint density at radius 3 is 1.50 bits per heavy atom. The molecule has 1 unspecified atom stereocenters. The molecule has 0 aliphatic rings. The summed E-state index contributed by atoms with van der Waals surface area (Å²) in [4.78, 5) is 0. The van der Waals surface area contributed by atoms with Crippen LogP contribution >= 0.6 is 0 Å². The Labute approximate surface area is 74.9 Å². The monoisotopic (exact) mass is 194 g/mol. The molecule has 1 atom stereocenters. The van der Waals surface area contributed by atoms with E-state index in [1.165, 1.54) is 0 Å². The van der Waals surface area contributed by atoms with Gasteiger partial charge in [0.2, 0.25) is 0 Å². The van der Waals surface area contributed by atoms with Gasteiger partial charge >= 0.3 is 0 Å². The SMILES string of the molecule is CC(C)C(C(C)(C)C)S(=O)(=O)O. The standard InChI is InChI=1S/C8H18O3S/c1-6(2)7(8(3,4)5)12(9,10)11/h6-7H,1-5H3,(H,9,10,11). The molecule has 0 spiro atoms. The van der Waals surface area contributed by atoms with Gasteiger partial charge in [0.05, 0.1) is 5.25 Å². The molecule has 0 rings (SSSR count). The van der Waals surface area contributed by atoms with Crippen molar-refractivity contribution < 1.29 is 13.0 Å². The van der Waals surface area contributed by atoms with Crippen LogP contribution < -0.4 is 0 Å². The van der Waals surface area contributed by atoms with Crippen molar-refractivity contribution in [2.24, 2.45) is 11.3 Å². The largest absolute Gasteiger partial charge is 0.285 e. The average Bonchev–Trinajstić information content (AvgIpc) is 1.49. The number of hydrogen-bond acceptors (Lipinski definition) is 2. The van der Waals surface area contributed by atoms with Gasteiger partial charge in [-0.15, -0.1) is 0 Å². The summed E-state index contributed by atoms with van der Waals surface area (Å²) >= 11 is 0. The minimum absolute atomic E-state index is 0.0694. The van der Waals surface area contributed by atoms with E-state index in [2.05, 4.69) is 0 Å². The van der Waals surface area contributed by atoms with Crippen molar-refractivity contribution >= 4 is 10.1 Å². The first-order valence-electron chi connectivity index (χ1n) is 4.03. The normalized spacial score (nSPS) is 16.6. The van der Waals surface area contributed by atoms with Crippen LogP contribution in [0.2, 0.25) is 0 Å². The lowest BCUT2D eigenvalue weighted by atomic mass is 9.85. The zero-order valence-corrected chi connectivity index (χ0v) is 9.14. The Balaban J connectivity index is 4.97. The van der Waals surface area contributed by atoms with Gasteiger partial charge in [-0.25, -0.2) is 0 Å². The van der Waals surface area contributed by atoms with Gasteiger partial charge in [-0.1, -0.05) is 34.6 Å². The highest BCUT2D eigenvalue weighted by Gasteiger charge is 2.37. The summed E-state index contributed by atoms with van der Waals surface area (Å²) in [5.74, 6) is -0.0694. The summed E-state index contributed by atoms with van der Waals surface area (Å²) in [6.45, 7) is 9.02. The summed E-state index contributed by atoms with van der Waals surface area (Å²) in [5, 5.41) is -0.690. The van der Waals surface area contributed by atoms with E-state index in [1.807, 2.05) is 20.8 Å². The van der Waals surface area contributed by atoms with E-state index in [9.17, 15) is 8.42 Å². The van der Waals surface area contributed by atoms with E-state index in [0.717, 1.165) is 0 Å².